The second kappa shape index (κ2) is 7.68. The molecule has 0 saturated heterocycles. The molecule has 0 amide bonds. The summed E-state index contributed by atoms with van der Waals surface area (Å²) in [7, 11) is 0. The molecule has 2 atom stereocenters. The number of hydrogen-bond acceptors (Lipinski definition) is 2. The van der Waals surface area contributed by atoms with Gasteiger partial charge in [-0.05, 0) is 31.2 Å². The highest BCUT2D eigenvalue weighted by molar-refractivity contribution is 5.85. The van der Waals surface area contributed by atoms with Gasteiger partial charge in [-0.1, -0.05) is 43.2 Å². The zero-order valence-corrected chi connectivity index (χ0v) is 12.9. The quantitative estimate of drug-likeness (QED) is 0.863. The Bertz CT molecular complexity index is 430. The molecule has 0 radical (unpaired) electrons. The maximum Gasteiger partial charge on any atom is 0.0965 e. The van der Waals surface area contributed by atoms with E-state index in [1.807, 2.05) is 0 Å². The number of rotatable bonds is 2. The van der Waals surface area contributed by atoms with Crippen molar-refractivity contribution in [3.05, 3.63) is 35.9 Å². The highest BCUT2D eigenvalue weighted by atomic mass is 35.5. The highest BCUT2D eigenvalue weighted by Gasteiger charge is 2.29. The molecular formula is C17H25ClN2. The van der Waals surface area contributed by atoms with Gasteiger partial charge in [-0.2, -0.15) is 0 Å². The average Bonchev–Trinajstić information content (AvgIpc) is 2.75. The van der Waals surface area contributed by atoms with Gasteiger partial charge in [0.05, 0.1) is 5.84 Å². The molecule has 1 aromatic rings. The van der Waals surface area contributed by atoms with Crippen LogP contribution >= 0.6 is 12.4 Å². The van der Waals surface area contributed by atoms with Crippen molar-refractivity contribution < 1.29 is 0 Å². The molecule has 1 heterocycles. The molecule has 1 aromatic carbocycles. The number of nitrogens with zero attached hydrogens (tertiary/aromatic N) is 1. The summed E-state index contributed by atoms with van der Waals surface area (Å²) in [5, 5.41) is 3.76. The maximum atomic E-state index is 4.72. The van der Waals surface area contributed by atoms with Crippen LogP contribution in [-0.2, 0) is 0 Å². The fraction of sp³-hybridized carbons (Fsp3) is 0.588. The summed E-state index contributed by atoms with van der Waals surface area (Å²) in [6.07, 6.45) is 8.99. The lowest BCUT2D eigenvalue weighted by Gasteiger charge is -2.23. The predicted octanol–water partition coefficient (Wildman–Crippen LogP) is 4.31. The second-order valence-electron chi connectivity index (χ2n) is 5.84. The fourth-order valence-corrected chi connectivity index (χ4v) is 3.44. The Morgan fingerprint density at radius 1 is 0.950 bits per heavy atom. The summed E-state index contributed by atoms with van der Waals surface area (Å²) in [6.45, 7) is 1.02. The minimum atomic E-state index is 0. The smallest absolute Gasteiger partial charge is 0.0965 e. The highest BCUT2D eigenvalue weighted by Crippen LogP contribution is 2.34. The molecule has 0 bridgehead atoms. The molecule has 0 spiro atoms. The molecule has 2 aliphatic rings. The van der Waals surface area contributed by atoms with E-state index in [0.29, 0.717) is 12.0 Å². The SMILES string of the molecule is Cl.c1ccc([C@@H]2CCC[C@H]2NC2=NCCCCC2)cc1. The molecule has 2 nitrogen and oxygen atoms in total. The van der Waals surface area contributed by atoms with E-state index < -0.39 is 0 Å². The zero-order chi connectivity index (χ0) is 12.9. The van der Waals surface area contributed by atoms with Crippen LogP contribution in [0.2, 0.25) is 0 Å². The molecule has 1 aliphatic heterocycles. The Balaban J connectivity index is 0.00000147. The van der Waals surface area contributed by atoms with E-state index in [0.717, 1.165) is 13.0 Å². The van der Waals surface area contributed by atoms with Crippen LogP contribution in [0, 0.1) is 0 Å². The van der Waals surface area contributed by atoms with Crippen LogP contribution in [-0.4, -0.2) is 18.4 Å². The monoisotopic (exact) mass is 292 g/mol. The summed E-state index contributed by atoms with van der Waals surface area (Å²) in [6, 6.07) is 11.6. The molecule has 1 saturated carbocycles. The van der Waals surface area contributed by atoms with Gasteiger partial charge in [-0.15, -0.1) is 12.4 Å². The Morgan fingerprint density at radius 3 is 2.65 bits per heavy atom. The predicted molar refractivity (Wildman–Crippen MR) is 88.0 cm³/mol. The molecule has 3 heteroatoms. The first-order chi connectivity index (χ1) is 9.43. The van der Waals surface area contributed by atoms with Gasteiger partial charge >= 0.3 is 0 Å². The van der Waals surface area contributed by atoms with Crippen molar-refractivity contribution in [2.75, 3.05) is 6.54 Å². The Labute approximate surface area is 128 Å². The summed E-state index contributed by atoms with van der Waals surface area (Å²) in [5.41, 5.74) is 1.49. The van der Waals surface area contributed by atoms with Gasteiger partial charge in [0.15, 0.2) is 0 Å². The largest absolute Gasteiger partial charge is 0.370 e. The number of benzene rings is 1. The first kappa shape index (κ1) is 15.4. The normalized spacial score (nSPS) is 26.3. The van der Waals surface area contributed by atoms with E-state index in [-0.39, 0.29) is 12.4 Å². The molecule has 110 valence electrons. The lowest BCUT2D eigenvalue weighted by atomic mass is 9.94. The first-order valence-electron chi connectivity index (χ1n) is 7.78. The summed E-state index contributed by atoms with van der Waals surface area (Å²) in [5.74, 6) is 1.94. The molecule has 1 aliphatic carbocycles. The third-order valence-corrected chi connectivity index (χ3v) is 4.47. The van der Waals surface area contributed by atoms with E-state index in [1.54, 1.807) is 0 Å². The zero-order valence-electron chi connectivity index (χ0n) is 12.1. The first-order valence-corrected chi connectivity index (χ1v) is 7.78. The Kier molecular flexibility index (Phi) is 5.90. The second-order valence-corrected chi connectivity index (χ2v) is 5.84. The van der Waals surface area contributed by atoms with E-state index in [1.165, 1.54) is 49.9 Å². The van der Waals surface area contributed by atoms with Crippen molar-refractivity contribution >= 4 is 18.2 Å². The van der Waals surface area contributed by atoms with Crippen LogP contribution in [0.3, 0.4) is 0 Å². The molecule has 0 unspecified atom stereocenters. The van der Waals surface area contributed by atoms with Gasteiger partial charge in [-0.3, -0.25) is 4.99 Å². The molecule has 1 N–H and O–H groups in total. The van der Waals surface area contributed by atoms with E-state index in [4.69, 9.17) is 4.99 Å². The van der Waals surface area contributed by atoms with Gasteiger partial charge < -0.3 is 5.32 Å². The van der Waals surface area contributed by atoms with E-state index >= 15 is 0 Å². The molecule has 20 heavy (non-hydrogen) atoms. The molecule has 3 rings (SSSR count). The fourth-order valence-electron chi connectivity index (χ4n) is 3.44. The summed E-state index contributed by atoms with van der Waals surface area (Å²) >= 11 is 0. The number of hydrogen-bond donors (Lipinski definition) is 1. The van der Waals surface area contributed by atoms with Crippen LogP contribution in [0.15, 0.2) is 35.3 Å². The summed E-state index contributed by atoms with van der Waals surface area (Å²) < 4.78 is 0. The van der Waals surface area contributed by atoms with Crippen molar-refractivity contribution in [1.82, 2.24) is 5.32 Å². The summed E-state index contributed by atoms with van der Waals surface area (Å²) in [4.78, 5) is 4.72. The van der Waals surface area contributed by atoms with Gasteiger partial charge in [0.1, 0.15) is 0 Å². The van der Waals surface area contributed by atoms with Crippen molar-refractivity contribution in [2.45, 2.75) is 56.9 Å². The van der Waals surface area contributed by atoms with Crippen LogP contribution in [0.4, 0.5) is 0 Å². The minimum absolute atomic E-state index is 0. The number of amidine groups is 1. The molecular weight excluding hydrogens is 268 g/mol. The van der Waals surface area contributed by atoms with Crippen LogP contribution in [0.5, 0.6) is 0 Å². The average molecular weight is 293 g/mol. The lowest BCUT2D eigenvalue weighted by Crippen LogP contribution is -2.36. The number of nitrogens with one attached hydrogen (secondary N) is 1. The molecule has 1 fully saturated rings. The number of halogens is 1. The van der Waals surface area contributed by atoms with E-state index in [2.05, 4.69) is 35.6 Å². The van der Waals surface area contributed by atoms with Crippen LogP contribution in [0.25, 0.3) is 0 Å². The Hall–Kier alpha value is -1.02. The Morgan fingerprint density at radius 2 is 1.80 bits per heavy atom. The van der Waals surface area contributed by atoms with Crippen molar-refractivity contribution in [3.63, 3.8) is 0 Å². The van der Waals surface area contributed by atoms with Crippen LogP contribution in [0.1, 0.15) is 56.4 Å². The third-order valence-electron chi connectivity index (χ3n) is 4.47. The maximum absolute atomic E-state index is 4.72. The van der Waals surface area contributed by atoms with Gasteiger partial charge in [0, 0.05) is 24.9 Å². The van der Waals surface area contributed by atoms with Gasteiger partial charge in [0.25, 0.3) is 0 Å². The lowest BCUT2D eigenvalue weighted by molar-refractivity contribution is 0.553. The van der Waals surface area contributed by atoms with Crippen molar-refractivity contribution in [3.8, 4) is 0 Å². The van der Waals surface area contributed by atoms with Gasteiger partial charge in [-0.25, -0.2) is 0 Å². The number of aliphatic imine (C=N–C) groups is 1. The molecule has 0 aromatic heterocycles. The van der Waals surface area contributed by atoms with Gasteiger partial charge in [0.2, 0.25) is 0 Å². The third kappa shape index (κ3) is 3.76. The topological polar surface area (TPSA) is 24.4 Å². The standard InChI is InChI=1S/C17H24N2.ClH/c1-3-8-14(9-4-1)15-10-7-11-16(15)19-17-12-5-2-6-13-18-17;/h1,3-4,8-9,15-16H,2,5-7,10-13H2,(H,18,19);1H/t15-,16+;/m0./s1. The van der Waals surface area contributed by atoms with Crippen molar-refractivity contribution in [1.29, 1.82) is 0 Å². The minimum Gasteiger partial charge on any atom is -0.370 e. The van der Waals surface area contributed by atoms with E-state index in [9.17, 15) is 0 Å². The van der Waals surface area contributed by atoms with Crippen molar-refractivity contribution in [2.24, 2.45) is 4.99 Å². The van der Waals surface area contributed by atoms with Crippen LogP contribution < -0.4 is 5.32 Å².